The van der Waals surface area contributed by atoms with Crippen LogP contribution in [-0.4, -0.2) is 11.1 Å². The molecule has 0 fully saturated rings. The highest BCUT2D eigenvalue weighted by molar-refractivity contribution is 7.61. The highest BCUT2D eigenvalue weighted by atomic mass is 31.2. The smallest absolute Gasteiger partial charge is 0.223 e. The lowest BCUT2D eigenvalue weighted by Gasteiger charge is -2.01. The van der Waals surface area contributed by atoms with Crippen molar-refractivity contribution in [2.75, 3.05) is 6.16 Å². The Morgan fingerprint density at radius 1 is 1.89 bits per heavy atom. The fourth-order valence-corrected chi connectivity index (χ4v) is 3.10. The molecule has 0 saturated carbocycles. The van der Waals surface area contributed by atoms with Crippen molar-refractivity contribution in [2.24, 2.45) is 5.92 Å². The summed E-state index contributed by atoms with van der Waals surface area (Å²) >= 11 is 0. The summed E-state index contributed by atoms with van der Waals surface area (Å²) in [6.45, 7) is 3.88. The van der Waals surface area contributed by atoms with E-state index in [0.29, 0.717) is 12.1 Å². The van der Waals surface area contributed by atoms with Gasteiger partial charge in [0.2, 0.25) is 7.37 Å². The maximum Gasteiger partial charge on any atom is 0.223 e. The summed E-state index contributed by atoms with van der Waals surface area (Å²) in [5.41, 5.74) is 1.06. The molecule has 0 bridgehead atoms. The molecule has 2 nitrogen and oxygen atoms in total. The predicted molar refractivity (Wildman–Crippen MR) is 37.6 cm³/mol. The van der Waals surface area contributed by atoms with E-state index < -0.39 is 7.37 Å². The molecule has 0 saturated heterocycles. The van der Waals surface area contributed by atoms with E-state index in [9.17, 15) is 4.57 Å². The van der Waals surface area contributed by atoms with Crippen molar-refractivity contribution in [3.05, 3.63) is 11.4 Å². The molecular formula is C6H11O2P. The normalized spacial score (nSPS) is 43.0. The fraction of sp³-hybridized carbons (Fsp3) is 0.667. The molecule has 1 heterocycles. The Balaban J connectivity index is 2.87. The minimum Gasteiger partial charge on any atom is -0.341 e. The van der Waals surface area contributed by atoms with Crippen LogP contribution < -0.4 is 0 Å². The molecule has 9 heavy (non-hydrogen) atoms. The van der Waals surface area contributed by atoms with Crippen LogP contribution in [0.1, 0.15) is 13.8 Å². The second-order valence-electron chi connectivity index (χ2n) is 2.71. The molecule has 0 spiro atoms. The van der Waals surface area contributed by atoms with E-state index in [1.807, 2.05) is 13.8 Å². The Bertz CT molecular complexity index is 195. The van der Waals surface area contributed by atoms with Crippen molar-refractivity contribution < 1.29 is 9.46 Å². The molecule has 0 aromatic rings. The number of hydrogen-bond acceptors (Lipinski definition) is 1. The van der Waals surface area contributed by atoms with Gasteiger partial charge in [0.25, 0.3) is 0 Å². The third-order valence-corrected chi connectivity index (χ3v) is 3.60. The van der Waals surface area contributed by atoms with Gasteiger partial charge >= 0.3 is 0 Å². The maximum atomic E-state index is 10.9. The number of allylic oxidation sites excluding steroid dienone is 1. The Kier molecular flexibility index (Phi) is 1.54. The first-order valence-corrected chi connectivity index (χ1v) is 4.93. The van der Waals surface area contributed by atoms with Gasteiger partial charge in [0.1, 0.15) is 0 Å². The minimum atomic E-state index is -2.82. The Morgan fingerprint density at radius 2 is 2.44 bits per heavy atom. The van der Waals surface area contributed by atoms with Gasteiger partial charge in [0.05, 0.1) is 0 Å². The van der Waals surface area contributed by atoms with Crippen LogP contribution in [-0.2, 0) is 4.57 Å². The first-order chi connectivity index (χ1) is 4.01. The van der Waals surface area contributed by atoms with Crippen LogP contribution in [0.2, 0.25) is 0 Å². The van der Waals surface area contributed by atoms with E-state index in [0.717, 1.165) is 5.57 Å². The Hall–Kier alpha value is -0.0700. The van der Waals surface area contributed by atoms with Gasteiger partial charge in [0, 0.05) is 6.16 Å². The van der Waals surface area contributed by atoms with Crippen molar-refractivity contribution in [2.45, 2.75) is 13.8 Å². The van der Waals surface area contributed by atoms with E-state index in [1.54, 1.807) is 0 Å². The summed E-state index contributed by atoms with van der Waals surface area (Å²) in [5, 5.41) is 0. The molecule has 2 unspecified atom stereocenters. The molecule has 0 amide bonds. The van der Waals surface area contributed by atoms with Gasteiger partial charge < -0.3 is 4.89 Å². The van der Waals surface area contributed by atoms with E-state index >= 15 is 0 Å². The highest BCUT2D eigenvalue weighted by Gasteiger charge is 2.27. The van der Waals surface area contributed by atoms with Crippen LogP contribution in [0.3, 0.4) is 0 Å². The molecule has 1 aliphatic rings. The first-order valence-electron chi connectivity index (χ1n) is 3.02. The van der Waals surface area contributed by atoms with Crippen LogP contribution in [0.5, 0.6) is 0 Å². The summed E-state index contributed by atoms with van der Waals surface area (Å²) in [5.74, 6) is 1.82. The van der Waals surface area contributed by atoms with E-state index in [2.05, 4.69) is 0 Å². The number of hydrogen-bond donors (Lipinski definition) is 1. The largest absolute Gasteiger partial charge is 0.341 e. The molecular weight excluding hydrogens is 135 g/mol. The molecule has 1 aliphatic heterocycles. The van der Waals surface area contributed by atoms with Gasteiger partial charge in [0.15, 0.2) is 0 Å². The van der Waals surface area contributed by atoms with Crippen LogP contribution in [0.25, 0.3) is 0 Å². The molecule has 0 aromatic carbocycles. The highest BCUT2D eigenvalue weighted by Crippen LogP contribution is 2.52. The van der Waals surface area contributed by atoms with Crippen molar-refractivity contribution in [3.63, 3.8) is 0 Å². The molecule has 1 rings (SSSR count). The Morgan fingerprint density at radius 3 is 2.56 bits per heavy atom. The minimum absolute atomic E-state index is 0.306. The molecule has 3 heteroatoms. The zero-order valence-electron chi connectivity index (χ0n) is 5.66. The summed E-state index contributed by atoms with van der Waals surface area (Å²) < 4.78 is 10.9. The topological polar surface area (TPSA) is 37.3 Å². The first kappa shape index (κ1) is 7.04. The van der Waals surface area contributed by atoms with Crippen LogP contribution in [0.15, 0.2) is 11.4 Å². The zero-order chi connectivity index (χ0) is 7.07. The molecule has 1 N–H and O–H groups in total. The second kappa shape index (κ2) is 1.96. The molecule has 0 aliphatic carbocycles. The van der Waals surface area contributed by atoms with Gasteiger partial charge in [-0.1, -0.05) is 12.5 Å². The third-order valence-electron chi connectivity index (χ3n) is 1.72. The van der Waals surface area contributed by atoms with E-state index in [1.165, 1.54) is 5.82 Å². The molecule has 0 aromatic heterocycles. The molecule has 0 radical (unpaired) electrons. The van der Waals surface area contributed by atoms with Crippen LogP contribution in [0, 0.1) is 5.92 Å². The summed E-state index contributed by atoms with van der Waals surface area (Å²) in [6, 6.07) is 0. The average Bonchev–Trinajstić information content (AvgIpc) is 1.79. The van der Waals surface area contributed by atoms with Gasteiger partial charge in [-0.3, -0.25) is 4.57 Å². The van der Waals surface area contributed by atoms with Gasteiger partial charge in [-0.15, -0.1) is 0 Å². The Labute approximate surface area is 55.0 Å². The summed E-state index contributed by atoms with van der Waals surface area (Å²) in [6.07, 6.45) is 0.443. The predicted octanol–water partition coefficient (Wildman–Crippen LogP) is 1.81. The van der Waals surface area contributed by atoms with Gasteiger partial charge in [-0.2, -0.15) is 0 Å². The van der Waals surface area contributed by atoms with E-state index in [4.69, 9.17) is 4.89 Å². The average molecular weight is 146 g/mol. The van der Waals surface area contributed by atoms with Crippen LogP contribution in [0.4, 0.5) is 0 Å². The quantitative estimate of drug-likeness (QED) is 0.529. The fourth-order valence-electron chi connectivity index (χ4n) is 1.03. The monoisotopic (exact) mass is 146 g/mol. The van der Waals surface area contributed by atoms with Gasteiger partial charge in [-0.05, 0) is 18.7 Å². The zero-order valence-corrected chi connectivity index (χ0v) is 6.56. The van der Waals surface area contributed by atoms with Crippen molar-refractivity contribution in [1.29, 1.82) is 0 Å². The summed E-state index contributed by atoms with van der Waals surface area (Å²) in [4.78, 5) is 9.01. The van der Waals surface area contributed by atoms with Crippen molar-refractivity contribution >= 4 is 7.37 Å². The lowest BCUT2D eigenvalue weighted by molar-refractivity contribution is 0.487. The second-order valence-corrected chi connectivity index (χ2v) is 4.85. The SMILES string of the molecule is CC1=CP(=O)(O)CC1C. The molecule has 2 atom stereocenters. The van der Waals surface area contributed by atoms with Crippen molar-refractivity contribution in [1.82, 2.24) is 0 Å². The van der Waals surface area contributed by atoms with Crippen molar-refractivity contribution in [3.8, 4) is 0 Å². The van der Waals surface area contributed by atoms with Crippen LogP contribution >= 0.6 is 7.37 Å². The lowest BCUT2D eigenvalue weighted by atomic mass is 10.1. The standard InChI is InChI=1S/C6H11O2P/c1-5-3-9(7,8)4-6(5)2/h3,6H,4H2,1-2H3,(H,7,8). The lowest BCUT2D eigenvalue weighted by Crippen LogP contribution is -1.93. The van der Waals surface area contributed by atoms with E-state index in [-0.39, 0.29) is 0 Å². The summed E-state index contributed by atoms with van der Waals surface area (Å²) in [7, 11) is -2.82. The maximum absolute atomic E-state index is 10.9. The third kappa shape index (κ3) is 1.44. The van der Waals surface area contributed by atoms with Gasteiger partial charge in [-0.25, -0.2) is 0 Å². The number of rotatable bonds is 0. The molecule has 52 valence electrons.